The highest BCUT2D eigenvalue weighted by Gasteiger charge is 2.37. The molecule has 3 heterocycles. The van der Waals surface area contributed by atoms with Crippen molar-refractivity contribution >= 4 is 35.3 Å². The number of hydrogen-bond donors (Lipinski definition) is 4. The quantitative estimate of drug-likeness (QED) is 0.217. The zero-order valence-electron chi connectivity index (χ0n) is 21.3. The third kappa shape index (κ3) is 6.03. The molecule has 1 fully saturated rings. The topological polar surface area (TPSA) is 137 Å². The smallest absolute Gasteiger partial charge is 0.419 e. The van der Waals surface area contributed by atoms with Gasteiger partial charge in [-0.15, -0.1) is 0 Å². The second kappa shape index (κ2) is 11.0. The maximum absolute atomic E-state index is 14.0. The van der Waals surface area contributed by atoms with E-state index in [2.05, 4.69) is 25.2 Å². The van der Waals surface area contributed by atoms with Gasteiger partial charge in [0.15, 0.2) is 0 Å². The van der Waals surface area contributed by atoms with Crippen molar-refractivity contribution in [3.8, 4) is 11.3 Å². The third-order valence-electron chi connectivity index (χ3n) is 6.73. The number of halogens is 3. The molecule has 0 amide bonds. The van der Waals surface area contributed by atoms with Crippen LogP contribution in [0, 0.1) is 0 Å². The fourth-order valence-corrected chi connectivity index (χ4v) is 6.44. The molecule has 1 atom stereocenters. The van der Waals surface area contributed by atoms with E-state index >= 15 is 0 Å². The second-order valence-corrected chi connectivity index (χ2v) is 13.1. The lowest BCUT2D eigenvalue weighted by Crippen LogP contribution is -2.28. The first-order valence-corrected chi connectivity index (χ1v) is 15.1. The number of carboxylic acids is 1. The van der Waals surface area contributed by atoms with E-state index in [-0.39, 0.29) is 39.6 Å². The SMILES string of the molecule is CP(C)(=O)c1c(C(=O)O)ccc2c(-c3nc(N[C@H]4CCN(CCCCCN)C4)ncc3C(F)(F)F)c[nH]c12. The lowest BCUT2D eigenvalue weighted by Gasteiger charge is -2.18. The van der Waals surface area contributed by atoms with Gasteiger partial charge in [0.25, 0.3) is 0 Å². The second-order valence-electron chi connectivity index (χ2n) is 9.98. The first kappa shape index (κ1) is 28.1. The van der Waals surface area contributed by atoms with Crippen molar-refractivity contribution in [2.45, 2.75) is 37.9 Å². The number of anilines is 1. The monoisotopic (exact) mass is 552 g/mol. The number of aromatic carboxylic acids is 1. The molecule has 9 nitrogen and oxygen atoms in total. The summed E-state index contributed by atoms with van der Waals surface area (Å²) in [4.78, 5) is 25.2. The number of H-pyrrole nitrogens is 1. The molecule has 0 bridgehead atoms. The van der Waals surface area contributed by atoms with Crippen LogP contribution in [0.5, 0.6) is 0 Å². The minimum Gasteiger partial charge on any atom is -0.478 e. The van der Waals surface area contributed by atoms with E-state index in [4.69, 9.17) is 5.73 Å². The van der Waals surface area contributed by atoms with Crippen LogP contribution in [0.3, 0.4) is 0 Å². The van der Waals surface area contributed by atoms with Crippen molar-refractivity contribution in [1.82, 2.24) is 19.9 Å². The molecule has 3 aromatic rings. The molecule has 1 aliphatic heterocycles. The summed E-state index contributed by atoms with van der Waals surface area (Å²) in [5, 5.41) is 13.2. The summed E-state index contributed by atoms with van der Waals surface area (Å²) in [5.74, 6) is -1.19. The predicted octanol–water partition coefficient (Wildman–Crippen LogP) is 4.21. The number of carboxylic acid groups (broad SMARTS) is 1. The van der Waals surface area contributed by atoms with Gasteiger partial charge in [-0.2, -0.15) is 13.2 Å². The van der Waals surface area contributed by atoms with E-state index in [9.17, 15) is 27.6 Å². The molecule has 0 unspecified atom stereocenters. The number of hydrogen-bond acceptors (Lipinski definition) is 7. The summed E-state index contributed by atoms with van der Waals surface area (Å²) in [6.45, 7) is 6.06. The molecule has 0 radical (unpaired) electrons. The van der Waals surface area contributed by atoms with Gasteiger partial charge in [-0.05, 0) is 51.7 Å². The summed E-state index contributed by atoms with van der Waals surface area (Å²) in [6.07, 6.45) is 1.28. The third-order valence-corrected chi connectivity index (χ3v) is 8.27. The highest BCUT2D eigenvalue weighted by molar-refractivity contribution is 7.70. The molecule has 0 spiro atoms. The lowest BCUT2D eigenvalue weighted by molar-refractivity contribution is -0.137. The van der Waals surface area contributed by atoms with Crippen LogP contribution in [0.15, 0.2) is 24.5 Å². The number of likely N-dealkylation sites (tertiary alicyclic amines) is 1. The molecule has 2 aromatic heterocycles. The molecule has 13 heteroatoms. The van der Waals surface area contributed by atoms with Gasteiger partial charge in [0, 0.05) is 47.8 Å². The van der Waals surface area contributed by atoms with E-state index < -0.39 is 24.9 Å². The minimum atomic E-state index is -4.72. The Morgan fingerprint density at radius 2 is 2.05 bits per heavy atom. The Kier molecular flexibility index (Phi) is 8.15. The van der Waals surface area contributed by atoms with Gasteiger partial charge in [-0.25, -0.2) is 14.8 Å². The number of nitrogens with two attached hydrogens (primary N) is 1. The van der Waals surface area contributed by atoms with Crippen molar-refractivity contribution in [2.75, 3.05) is 44.8 Å². The normalized spacial score (nSPS) is 16.8. The zero-order chi connectivity index (χ0) is 27.7. The molecule has 4 rings (SSSR count). The van der Waals surface area contributed by atoms with Gasteiger partial charge >= 0.3 is 12.1 Å². The number of rotatable bonds is 10. The van der Waals surface area contributed by atoms with E-state index in [0.717, 1.165) is 51.5 Å². The van der Waals surface area contributed by atoms with Gasteiger partial charge in [0.1, 0.15) is 12.7 Å². The first-order valence-electron chi connectivity index (χ1n) is 12.5. The summed E-state index contributed by atoms with van der Waals surface area (Å²) in [6, 6.07) is 2.68. The Balaban J connectivity index is 1.69. The Morgan fingerprint density at radius 3 is 2.71 bits per heavy atom. The highest BCUT2D eigenvalue weighted by Crippen LogP contribution is 2.43. The van der Waals surface area contributed by atoms with Gasteiger partial charge in [-0.3, -0.25) is 0 Å². The van der Waals surface area contributed by atoms with Crippen LogP contribution in [0.25, 0.3) is 22.2 Å². The molecule has 206 valence electrons. The van der Waals surface area contributed by atoms with Crippen LogP contribution in [0.1, 0.15) is 41.6 Å². The Labute approximate surface area is 218 Å². The van der Waals surface area contributed by atoms with Crippen molar-refractivity contribution in [3.63, 3.8) is 0 Å². The van der Waals surface area contributed by atoms with Crippen LogP contribution in [-0.2, 0) is 10.7 Å². The molecule has 1 aliphatic rings. The number of nitrogens with zero attached hydrogens (tertiary/aromatic N) is 3. The van der Waals surface area contributed by atoms with E-state index in [1.165, 1.54) is 31.7 Å². The van der Waals surface area contributed by atoms with Gasteiger partial charge in [0.2, 0.25) is 5.95 Å². The summed E-state index contributed by atoms with van der Waals surface area (Å²) in [5.41, 5.74) is 4.37. The fraction of sp³-hybridized carbons (Fsp3) is 0.480. The average molecular weight is 553 g/mol. The summed E-state index contributed by atoms with van der Waals surface area (Å²) < 4.78 is 55.0. The Hall–Kier alpha value is -2.95. The standard InChI is InChI=1S/C25H32F3N6O3P/c1-38(2,37)22-17(23(35)36)7-6-16-18(12-30-21(16)22)20-19(25(26,27)28)13-31-24(33-20)32-15-8-11-34(14-15)10-5-3-4-9-29/h6-7,12-13,15,30H,3-5,8-11,14,29H2,1-2H3,(H,35,36)(H,31,32,33)/t15-/m0/s1. The number of alkyl halides is 3. The van der Waals surface area contributed by atoms with Crippen LogP contribution in [0.2, 0.25) is 0 Å². The predicted molar refractivity (Wildman–Crippen MR) is 142 cm³/mol. The summed E-state index contributed by atoms with van der Waals surface area (Å²) >= 11 is 0. The minimum absolute atomic E-state index is 0.00662. The number of unbranched alkanes of at least 4 members (excludes halogenated alkanes) is 2. The molecular formula is C25H32F3N6O3P. The first-order chi connectivity index (χ1) is 17.9. The Bertz CT molecular complexity index is 1370. The van der Waals surface area contributed by atoms with E-state index in [0.29, 0.717) is 11.9 Å². The summed E-state index contributed by atoms with van der Waals surface area (Å²) in [7, 11) is -3.12. The highest BCUT2D eigenvalue weighted by atomic mass is 31.2. The number of aromatic nitrogens is 3. The van der Waals surface area contributed by atoms with Crippen molar-refractivity contribution in [1.29, 1.82) is 0 Å². The zero-order valence-corrected chi connectivity index (χ0v) is 22.2. The van der Waals surface area contributed by atoms with Gasteiger partial charge in [-0.1, -0.05) is 12.5 Å². The van der Waals surface area contributed by atoms with Crippen LogP contribution in [-0.4, -0.2) is 76.5 Å². The molecular weight excluding hydrogens is 520 g/mol. The maximum Gasteiger partial charge on any atom is 0.419 e. The fourth-order valence-electron chi connectivity index (χ4n) is 4.97. The van der Waals surface area contributed by atoms with Crippen molar-refractivity contribution in [2.24, 2.45) is 5.73 Å². The number of fused-ring (bicyclic) bond motifs is 1. The molecule has 38 heavy (non-hydrogen) atoms. The molecule has 1 aromatic carbocycles. The molecule has 5 N–H and O–H groups in total. The lowest BCUT2D eigenvalue weighted by atomic mass is 10.0. The largest absolute Gasteiger partial charge is 0.478 e. The number of carbonyl (C=O) groups is 1. The van der Waals surface area contributed by atoms with E-state index in [1.807, 2.05) is 0 Å². The number of benzene rings is 1. The van der Waals surface area contributed by atoms with E-state index in [1.54, 1.807) is 0 Å². The number of nitrogens with one attached hydrogen (secondary N) is 2. The van der Waals surface area contributed by atoms with Crippen LogP contribution >= 0.6 is 7.14 Å². The van der Waals surface area contributed by atoms with Crippen molar-refractivity contribution < 1.29 is 27.6 Å². The molecule has 0 aliphatic carbocycles. The van der Waals surface area contributed by atoms with Crippen LogP contribution < -0.4 is 16.4 Å². The number of aromatic amines is 1. The maximum atomic E-state index is 14.0. The molecule has 1 saturated heterocycles. The Morgan fingerprint density at radius 1 is 1.29 bits per heavy atom. The van der Waals surface area contributed by atoms with Gasteiger partial charge in [0.05, 0.1) is 16.8 Å². The average Bonchev–Trinajstić information content (AvgIpc) is 3.46. The van der Waals surface area contributed by atoms with Crippen molar-refractivity contribution in [3.05, 3.63) is 35.7 Å². The molecule has 0 saturated carbocycles. The van der Waals surface area contributed by atoms with Crippen LogP contribution in [0.4, 0.5) is 19.1 Å². The van der Waals surface area contributed by atoms with Gasteiger partial charge < -0.3 is 30.6 Å².